The van der Waals surface area contributed by atoms with Crippen LogP contribution in [0.1, 0.15) is 18.7 Å². The van der Waals surface area contributed by atoms with E-state index in [1.807, 2.05) is 6.26 Å². The van der Waals surface area contributed by atoms with Crippen molar-refractivity contribution < 1.29 is 4.79 Å². The Labute approximate surface area is 106 Å². The summed E-state index contributed by atoms with van der Waals surface area (Å²) in [5.41, 5.74) is 5.74. The number of nitrogens with one attached hydrogen (secondary N) is 2. The first-order chi connectivity index (χ1) is 8.24. The summed E-state index contributed by atoms with van der Waals surface area (Å²) in [6.45, 7) is 0.645. The van der Waals surface area contributed by atoms with Gasteiger partial charge >= 0.3 is 0 Å². The topological polar surface area (TPSA) is 83.8 Å². The van der Waals surface area contributed by atoms with Crippen molar-refractivity contribution >= 4 is 17.7 Å². The molecule has 0 aliphatic rings. The molecule has 0 aliphatic carbocycles. The van der Waals surface area contributed by atoms with E-state index in [2.05, 4.69) is 15.3 Å². The molecular formula is C11H20N4OS. The molecule has 0 aromatic carbocycles. The van der Waals surface area contributed by atoms with Gasteiger partial charge in [0.15, 0.2) is 0 Å². The van der Waals surface area contributed by atoms with Gasteiger partial charge < -0.3 is 16.0 Å². The maximum Gasteiger partial charge on any atom is 0.236 e. The maximum atomic E-state index is 11.5. The van der Waals surface area contributed by atoms with Crippen LogP contribution in [0.25, 0.3) is 0 Å². The van der Waals surface area contributed by atoms with Crippen molar-refractivity contribution in [1.29, 1.82) is 0 Å². The summed E-state index contributed by atoms with van der Waals surface area (Å²) < 4.78 is 0. The number of aromatic amines is 1. The standard InChI is InChI=1S/C11H20N4OS/c1-17-8-4-9(12)11(16)15-5-2-3-10-13-6-7-14-10/h6-7,9H,2-5,8,12H2,1H3,(H,13,14)(H,15,16)/t9-/m1/s1. The molecule has 0 saturated heterocycles. The molecule has 4 N–H and O–H groups in total. The smallest absolute Gasteiger partial charge is 0.236 e. The Morgan fingerprint density at radius 1 is 1.71 bits per heavy atom. The Bertz CT molecular complexity index is 315. The predicted molar refractivity (Wildman–Crippen MR) is 70.9 cm³/mol. The molecule has 96 valence electrons. The average molecular weight is 256 g/mol. The number of imidazole rings is 1. The molecule has 5 nitrogen and oxygen atoms in total. The second kappa shape index (κ2) is 8.14. The van der Waals surface area contributed by atoms with Crippen molar-refractivity contribution in [2.45, 2.75) is 25.3 Å². The van der Waals surface area contributed by atoms with Gasteiger partial charge in [0.2, 0.25) is 5.91 Å². The van der Waals surface area contributed by atoms with E-state index < -0.39 is 0 Å². The fraction of sp³-hybridized carbons (Fsp3) is 0.636. The van der Waals surface area contributed by atoms with Gasteiger partial charge in [-0.1, -0.05) is 0 Å². The molecule has 6 heteroatoms. The highest BCUT2D eigenvalue weighted by atomic mass is 32.2. The highest BCUT2D eigenvalue weighted by molar-refractivity contribution is 7.98. The highest BCUT2D eigenvalue weighted by Gasteiger charge is 2.11. The van der Waals surface area contributed by atoms with Gasteiger partial charge in [-0.3, -0.25) is 4.79 Å². The number of H-pyrrole nitrogens is 1. The van der Waals surface area contributed by atoms with E-state index in [9.17, 15) is 4.79 Å². The summed E-state index contributed by atoms with van der Waals surface area (Å²) in [6, 6.07) is -0.383. The van der Waals surface area contributed by atoms with Crippen molar-refractivity contribution in [3.8, 4) is 0 Å². The molecule has 0 aliphatic heterocycles. The average Bonchev–Trinajstić information content (AvgIpc) is 2.84. The lowest BCUT2D eigenvalue weighted by Crippen LogP contribution is -2.41. The minimum absolute atomic E-state index is 0.0569. The normalized spacial score (nSPS) is 12.4. The Balaban J connectivity index is 2.07. The summed E-state index contributed by atoms with van der Waals surface area (Å²) in [5.74, 6) is 1.81. The molecule has 1 rings (SSSR count). The first kappa shape index (κ1) is 14.1. The first-order valence-electron chi connectivity index (χ1n) is 5.74. The molecule has 0 spiro atoms. The zero-order valence-electron chi connectivity index (χ0n) is 10.1. The molecule has 0 saturated carbocycles. The van der Waals surface area contributed by atoms with Gasteiger partial charge in [-0.05, 0) is 24.9 Å². The number of aryl methyl sites for hydroxylation is 1. The molecule has 0 radical (unpaired) electrons. The van der Waals surface area contributed by atoms with Gasteiger partial charge in [0.05, 0.1) is 6.04 Å². The Morgan fingerprint density at radius 2 is 2.53 bits per heavy atom. The van der Waals surface area contributed by atoms with E-state index in [0.717, 1.165) is 30.8 Å². The molecule has 0 unspecified atom stereocenters. The quantitative estimate of drug-likeness (QED) is 0.593. The van der Waals surface area contributed by atoms with Gasteiger partial charge in [-0.25, -0.2) is 4.98 Å². The van der Waals surface area contributed by atoms with Crippen molar-refractivity contribution in [2.75, 3.05) is 18.6 Å². The van der Waals surface area contributed by atoms with Gasteiger partial charge in [0.25, 0.3) is 0 Å². The fourth-order valence-electron chi connectivity index (χ4n) is 1.41. The third-order valence-corrected chi connectivity index (χ3v) is 3.06. The number of hydrogen-bond donors (Lipinski definition) is 3. The minimum Gasteiger partial charge on any atom is -0.355 e. The van der Waals surface area contributed by atoms with Gasteiger partial charge in [0.1, 0.15) is 5.82 Å². The summed E-state index contributed by atoms with van der Waals surface area (Å²) in [4.78, 5) is 18.7. The lowest BCUT2D eigenvalue weighted by molar-refractivity contribution is -0.122. The molecule has 1 aromatic heterocycles. The number of thioether (sulfide) groups is 1. The Hall–Kier alpha value is -1.01. The number of carbonyl (C=O) groups excluding carboxylic acids is 1. The number of amides is 1. The molecule has 1 aromatic rings. The number of nitrogens with zero attached hydrogens (tertiary/aromatic N) is 1. The van der Waals surface area contributed by atoms with E-state index >= 15 is 0 Å². The fourth-order valence-corrected chi connectivity index (χ4v) is 1.90. The van der Waals surface area contributed by atoms with Gasteiger partial charge in [-0.15, -0.1) is 0 Å². The first-order valence-corrected chi connectivity index (χ1v) is 7.14. The summed E-state index contributed by atoms with van der Waals surface area (Å²) in [6.07, 6.45) is 7.97. The van der Waals surface area contributed by atoms with Crippen LogP contribution in [-0.2, 0) is 11.2 Å². The second-order valence-electron chi connectivity index (χ2n) is 3.82. The van der Waals surface area contributed by atoms with Gasteiger partial charge in [-0.2, -0.15) is 11.8 Å². The largest absolute Gasteiger partial charge is 0.355 e. The Morgan fingerprint density at radius 3 is 3.18 bits per heavy atom. The van der Waals surface area contributed by atoms with E-state index in [-0.39, 0.29) is 11.9 Å². The molecule has 0 fully saturated rings. The lowest BCUT2D eigenvalue weighted by atomic mass is 10.2. The van der Waals surface area contributed by atoms with E-state index in [0.29, 0.717) is 6.54 Å². The van der Waals surface area contributed by atoms with Crippen LogP contribution in [0, 0.1) is 0 Å². The highest BCUT2D eigenvalue weighted by Crippen LogP contribution is 1.99. The molecule has 1 amide bonds. The van der Waals surface area contributed by atoms with Crippen molar-refractivity contribution in [1.82, 2.24) is 15.3 Å². The van der Waals surface area contributed by atoms with Crippen LogP contribution in [0.3, 0.4) is 0 Å². The molecule has 0 bridgehead atoms. The number of nitrogens with two attached hydrogens (primary N) is 1. The van der Waals surface area contributed by atoms with Crippen molar-refractivity contribution in [3.63, 3.8) is 0 Å². The van der Waals surface area contributed by atoms with Gasteiger partial charge in [0, 0.05) is 25.4 Å². The lowest BCUT2D eigenvalue weighted by Gasteiger charge is -2.11. The number of rotatable bonds is 8. The van der Waals surface area contributed by atoms with Crippen LogP contribution < -0.4 is 11.1 Å². The summed E-state index contributed by atoms with van der Waals surface area (Å²) >= 11 is 1.70. The van der Waals surface area contributed by atoms with Crippen LogP contribution >= 0.6 is 11.8 Å². The van der Waals surface area contributed by atoms with Crippen LogP contribution in [0.5, 0.6) is 0 Å². The maximum absolute atomic E-state index is 11.5. The Kier molecular flexibility index (Phi) is 6.73. The molecule has 17 heavy (non-hydrogen) atoms. The predicted octanol–water partition coefficient (Wildman–Crippen LogP) is 0.539. The third-order valence-electron chi connectivity index (χ3n) is 2.41. The van der Waals surface area contributed by atoms with Crippen LogP contribution in [0.2, 0.25) is 0 Å². The van der Waals surface area contributed by atoms with Crippen LogP contribution in [0.4, 0.5) is 0 Å². The minimum atomic E-state index is -0.383. The zero-order valence-corrected chi connectivity index (χ0v) is 10.9. The third kappa shape index (κ3) is 5.74. The van der Waals surface area contributed by atoms with Crippen LogP contribution in [-0.4, -0.2) is 40.5 Å². The molecule has 1 atom stereocenters. The molecule has 1 heterocycles. The van der Waals surface area contributed by atoms with E-state index in [1.165, 1.54) is 0 Å². The number of hydrogen-bond acceptors (Lipinski definition) is 4. The van der Waals surface area contributed by atoms with Crippen molar-refractivity contribution in [2.24, 2.45) is 5.73 Å². The monoisotopic (exact) mass is 256 g/mol. The number of carbonyl (C=O) groups is 1. The van der Waals surface area contributed by atoms with Crippen LogP contribution in [0.15, 0.2) is 12.4 Å². The summed E-state index contributed by atoms with van der Waals surface area (Å²) in [5, 5.41) is 2.84. The zero-order chi connectivity index (χ0) is 12.5. The molecular weight excluding hydrogens is 236 g/mol. The second-order valence-corrected chi connectivity index (χ2v) is 4.80. The number of aromatic nitrogens is 2. The van der Waals surface area contributed by atoms with Crippen molar-refractivity contribution in [3.05, 3.63) is 18.2 Å². The van der Waals surface area contributed by atoms with E-state index in [1.54, 1.807) is 24.2 Å². The SMILES string of the molecule is CSCC[C@@H](N)C(=O)NCCCc1ncc[nH]1. The summed E-state index contributed by atoms with van der Waals surface area (Å²) in [7, 11) is 0. The van der Waals surface area contributed by atoms with E-state index in [4.69, 9.17) is 5.73 Å².